The van der Waals surface area contributed by atoms with Crippen molar-refractivity contribution in [3.63, 3.8) is 0 Å². The van der Waals surface area contributed by atoms with Gasteiger partial charge in [0, 0.05) is 25.2 Å². The van der Waals surface area contributed by atoms with Gasteiger partial charge in [-0.25, -0.2) is 4.79 Å². The number of carbonyl (C=O) groups excluding carboxylic acids is 1. The molecule has 0 aromatic carbocycles. The lowest BCUT2D eigenvalue weighted by Crippen LogP contribution is -2.45. The van der Waals surface area contributed by atoms with Crippen molar-refractivity contribution in [2.75, 3.05) is 33.2 Å². The number of rotatable bonds is 2. The Kier molecular flexibility index (Phi) is 4.91. The Labute approximate surface area is 122 Å². The van der Waals surface area contributed by atoms with Gasteiger partial charge in [-0.3, -0.25) is 4.90 Å². The summed E-state index contributed by atoms with van der Waals surface area (Å²) in [5.74, 6) is 0. The second-order valence-electron chi connectivity index (χ2n) is 7.16. The molecule has 0 spiro atoms. The minimum atomic E-state index is -0.420. The molecule has 0 aromatic heterocycles. The molecule has 2 saturated heterocycles. The Morgan fingerprint density at radius 1 is 1.15 bits per heavy atom. The van der Waals surface area contributed by atoms with Crippen molar-refractivity contribution >= 4 is 6.09 Å². The van der Waals surface area contributed by atoms with Crippen LogP contribution in [0, 0.1) is 0 Å². The number of nitrogens with zero attached hydrogens (tertiary/aromatic N) is 2. The lowest BCUT2D eigenvalue weighted by molar-refractivity contribution is 0.0502. The van der Waals surface area contributed by atoms with Crippen LogP contribution in [0.2, 0.25) is 0 Å². The highest BCUT2D eigenvalue weighted by Gasteiger charge is 2.31. The van der Waals surface area contributed by atoms with Crippen LogP contribution >= 0.6 is 0 Å². The molecule has 5 nitrogen and oxygen atoms in total. The van der Waals surface area contributed by atoms with Gasteiger partial charge in [0.15, 0.2) is 0 Å². The first-order chi connectivity index (χ1) is 9.33. The quantitative estimate of drug-likeness (QED) is 0.837. The molecule has 1 N–H and O–H groups in total. The van der Waals surface area contributed by atoms with E-state index in [-0.39, 0.29) is 12.1 Å². The third kappa shape index (κ3) is 4.63. The molecule has 0 aliphatic carbocycles. The summed E-state index contributed by atoms with van der Waals surface area (Å²) in [5.41, 5.74) is -0.420. The number of nitrogens with one attached hydrogen (secondary N) is 1. The van der Waals surface area contributed by atoms with Gasteiger partial charge in [0.2, 0.25) is 0 Å². The highest BCUT2D eigenvalue weighted by molar-refractivity contribution is 5.68. The number of hydrogen-bond acceptors (Lipinski definition) is 4. The van der Waals surface area contributed by atoms with E-state index in [0.717, 1.165) is 19.5 Å². The van der Waals surface area contributed by atoms with Crippen LogP contribution in [0.3, 0.4) is 0 Å². The van der Waals surface area contributed by atoms with Gasteiger partial charge in [0.25, 0.3) is 0 Å². The molecular weight excluding hydrogens is 254 g/mol. The standard InChI is InChI=1S/C15H29N3O2/c1-15(2,3)20-14(19)16-12-5-10-18(11-12)13-6-8-17(4)9-7-13/h12-13H,5-11H2,1-4H3,(H,16,19)/t12-/m1/s1. The monoisotopic (exact) mass is 283 g/mol. The van der Waals surface area contributed by atoms with E-state index in [1.807, 2.05) is 20.8 Å². The van der Waals surface area contributed by atoms with Crippen molar-refractivity contribution in [2.45, 2.75) is 57.7 Å². The largest absolute Gasteiger partial charge is 0.444 e. The van der Waals surface area contributed by atoms with E-state index in [9.17, 15) is 4.79 Å². The van der Waals surface area contributed by atoms with Crippen LogP contribution in [-0.4, -0.2) is 66.8 Å². The molecule has 0 bridgehead atoms. The van der Waals surface area contributed by atoms with Gasteiger partial charge >= 0.3 is 6.09 Å². The molecule has 2 aliphatic rings. The zero-order valence-corrected chi connectivity index (χ0v) is 13.3. The predicted octanol–water partition coefficient (Wildman–Crippen LogP) is 1.68. The van der Waals surface area contributed by atoms with Crippen molar-refractivity contribution in [3.05, 3.63) is 0 Å². The Morgan fingerprint density at radius 2 is 1.80 bits per heavy atom. The average molecular weight is 283 g/mol. The molecule has 2 aliphatic heterocycles. The fourth-order valence-electron chi connectivity index (χ4n) is 3.07. The van der Waals surface area contributed by atoms with Gasteiger partial charge in [-0.1, -0.05) is 0 Å². The molecule has 0 unspecified atom stereocenters. The Morgan fingerprint density at radius 3 is 2.40 bits per heavy atom. The highest BCUT2D eigenvalue weighted by Crippen LogP contribution is 2.21. The molecule has 1 amide bonds. The third-order valence-corrected chi connectivity index (χ3v) is 4.15. The second kappa shape index (κ2) is 6.31. The molecule has 2 heterocycles. The summed E-state index contributed by atoms with van der Waals surface area (Å²) < 4.78 is 5.32. The van der Waals surface area contributed by atoms with Crippen LogP contribution in [0.25, 0.3) is 0 Å². The molecule has 0 saturated carbocycles. The number of alkyl carbamates (subject to hydrolysis) is 1. The first-order valence-electron chi connectivity index (χ1n) is 7.75. The molecule has 2 rings (SSSR count). The lowest BCUT2D eigenvalue weighted by atomic mass is 10.0. The molecule has 2 fully saturated rings. The van der Waals surface area contributed by atoms with Crippen molar-refractivity contribution in [3.8, 4) is 0 Å². The fourth-order valence-corrected chi connectivity index (χ4v) is 3.07. The zero-order chi connectivity index (χ0) is 14.8. The number of carbonyl (C=O) groups is 1. The van der Waals surface area contributed by atoms with Crippen LogP contribution in [0.4, 0.5) is 4.79 Å². The molecule has 0 radical (unpaired) electrons. The maximum Gasteiger partial charge on any atom is 0.407 e. The average Bonchev–Trinajstić information content (AvgIpc) is 2.75. The molecule has 116 valence electrons. The number of amides is 1. The van der Waals surface area contributed by atoms with Gasteiger partial charge in [0.1, 0.15) is 5.60 Å². The Balaban J connectivity index is 1.74. The lowest BCUT2D eigenvalue weighted by Gasteiger charge is -2.35. The van der Waals surface area contributed by atoms with Crippen molar-refractivity contribution in [1.82, 2.24) is 15.1 Å². The molecule has 20 heavy (non-hydrogen) atoms. The fraction of sp³-hybridized carbons (Fsp3) is 0.933. The van der Waals surface area contributed by atoms with Gasteiger partial charge in [-0.15, -0.1) is 0 Å². The first kappa shape index (κ1) is 15.6. The topological polar surface area (TPSA) is 44.8 Å². The SMILES string of the molecule is CN1CCC(N2CC[C@@H](NC(=O)OC(C)(C)C)C2)CC1. The number of hydrogen-bond donors (Lipinski definition) is 1. The summed E-state index contributed by atoms with van der Waals surface area (Å²) >= 11 is 0. The van der Waals surface area contributed by atoms with E-state index in [4.69, 9.17) is 4.74 Å². The van der Waals surface area contributed by atoms with Crippen LogP contribution in [0.15, 0.2) is 0 Å². The third-order valence-electron chi connectivity index (χ3n) is 4.15. The first-order valence-corrected chi connectivity index (χ1v) is 7.75. The summed E-state index contributed by atoms with van der Waals surface area (Å²) in [6.07, 6.45) is 3.24. The van der Waals surface area contributed by atoms with Crippen molar-refractivity contribution in [2.24, 2.45) is 0 Å². The van der Waals surface area contributed by atoms with Crippen LogP contribution < -0.4 is 5.32 Å². The van der Waals surface area contributed by atoms with Gasteiger partial charge in [0.05, 0.1) is 0 Å². The summed E-state index contributed by atoms with van der Waals surface area (Å²) in [5, 5.41) is 3.00. The van der Waals surface area contributed by atoms with Crippen LogP contribution in [0.5, 0.6) is 0 Å². The normalized spacial score (nSPS) is 26.7. The number of likely N-dealkylation sites (tertiary alicyclic amines) is 2. The maximum atomic E-state index is 11.8. The summed E-state index contributed by atoms with van der Waals surface area (Å²) in [4.78, 5) is 16.7. The summed E-state index contributed by atoms with van der Waals surface area (Å²) in [7, 11) is 2.19. The zero-order valence-electron chi connectivity index (χ0n) is 13.3. The van der Waals surface area contributed by atoms with Crippen LogP contribution in [-0.2, 0) is 4.74 Å². The summed E-state index contributed by atoms with van der Waals surface area (Å²) in [6.45, 7) is 10.1. The van der Waals surface area contributed by atoms with Gasteiger partial charge in [-0.2, -0.15) is 0 Å². The van der Waals surface area contributed by atoms with E-state index >= 15 is 0 Å². The van der Waals surface area contributed by atoms with Crippen molar-refractivity contribution < 1.29 is 9.53 Å². The smallest absolute Gasteiger partial charge is 0.407 e. The van der Waals surface area contributed by atoms with Crippen LogP contribution in [0.1, 0.15) is 40.0 Å². The van der Waals surface area contributed by atoms with E-state index < -0.39 is 5.60 Å². The molecular formula is C15H29N3O2. The predicted molar refractivity (Wildman–Crippen MR) is 79.9 cm³/mol. The maximum absolute atomic E-state index is 11.8. The Hall–Kier alpha value is -0.810. The van der Waals surface area contributed by atoms with E-state index in [0.29, 0.717) is 6.04 Å². The molecule has 0 aromatic rings. The number of ether oxygens (including phenoxy) is 1. The minimum absolute atomic E-state index is 0.240. The molecule has 1 atom stereocenters. The molecule has 5 heteroatoms. The van der Waals surface area contributed by atoms with E-state index in [1.54, 1.807) is 0 Å². The van der Waals surface area contributed by atoms with Gasteiger partial charge in [-0.05, 0) is 60.2 Å². The number of piperidine rings is 1. The Bertz CT molecular complexity index is 333. The highest BCUT2D eigenvalue weighted by atomic mass is 16.6. The summed E-state index contributed by atoms with van der Waals surface area (Å²) in [6, 6.07) is 0.932. The van der Waals surface area contributed by atoms with E-state index in [2.05, 4.69) is 22.2 Å². The minimum Gasteiger partial charge on any atom is -0.444 e. The van der Waals surface area contributed by atoms with E-state index in [1.165, 1.54) is 25.9 Å². The van der Waals surface area contributed by atoms with Crippen molar-refractivity contribution in [1.29, 1.82) is 0 Å². The van der Waals surface area contributed by atoms with Gasteiger partial charge < -0.3 is 15.0 Å². The second-order valence-corrected chi connectivity index (χ2v) is 7.16.